The molecule has 1 aromatic carbocycles. The maximum absolute atomic E-state index is 13.9. The molecule has 0 saturated carbocycles. The van der Waals surface area contributed by atoms with Crippen LogP contribution in [0, 0.1) is 17.1 Å². The molecule has 3 nitrogen and oxygen atoms in total. The molecule has 1 saturated heterocycles. The number of halogens is 1. The second-order valence-electron chi connectivity index (χ2n) is 5.40. The maximum Gasteiger partial charge on any atom is 0.499 e. The molecular formula is C13H15BFNO2. The molecule has 1 aromatic rings. The van der Waals surface area contributed by atoms with Crippen LogP contribution in [0.1, 0.15) is 33.3 Å². The molecule has 0 amide bonds. The molecular weight excluding hydrogens is 232 g/mol. The highest BCUT2D eigenvalue weighted by Gasteiger charge is 2.53. The predicted molar refractivity (Wildman–Crippen MR) is 66.8 cm³/mol. The second-order valence-corrected chi connectivity index (χ2v) is 5.40. The van der Waals surface area contributed by atoms with Gasteiger partial charge in [0.25, 0.3) is 0 Å². The monoisotopic (exact) mass is 247 g/mol. The van der Waals surface area contributed by atoms with Gasteiger partial charge >= 0.3 is 7.12 Å². The first kappa shape index (κ1) is 13.1. The quantitative estimate of drug-likeness (QED) is 0.712. The van der Waals surface area contributed by atoms with E-state index in [1.165, 1.54) is 12.1 Å². The minimum absolute atomic E-state index is 0.179. The molecule has 1 aliphatic heterocycles. The Hall–Kier alpha value is -1.38. The fourth-order valence-electron chi connectivity index (χ4n) is 1.83. The van der Waals surface area contributed by atoms with E-state index in [2.05, 4.69) is 0 Å². The third kappa shape index (κ3) is 1.92. The van der Waals surface area contributed by atoms with Crippen molar-refractivity contribution in [3.63, 3.8) is 0 Å². The zero-order chi connectivity index (χ0) is 13.6. The van der Waals surface area contributed by atoms with Crippen molar-refractivity contribution in [1.82, 2.24) is 0 Å². The Kier molecular flexibility index (Phi) is 2.96. The van der Waals surface area contributed by atoms with E-state index in [1.807, 2.05) is 33.8 Å². The lowest BCUT2D eigenvalue weighted by Crippen LogP contribution is -2.41. The number of benzene rings is 1. The number of nitriles is 1. The van der Waals surface area contributed by atoms with Crippen LogP contribution in [0.15, 0.2) is 18.2 Å². The molecule has 18 heavy (non-hydrogen) atoms. The third-order valence-corrected chi connectivity index (χ3v) is 3.66. The lowest BCUT2D eigenvalue weighted by Gasteiger charge is -2.32. The minimum atomic E-state index is -0.842. The topological polar surface area (TPSA) is 42.2 Å². The van der Waals surface area contributed by atoms with Crippen LogP contribution >= 0.6 is 0 Å². The van der Waals surface area contributed by atoms with E-state index in [4.69, 9.17) is 14.6 Å². The molecule has 0 bridgehead atoms. The Balaban J connectivity index is 2.45. The fourth-order valence-corrected chi connectivity index (χ4v) is 1.83. The van der Waals surface area contributed by atoms with Gasteiger partial charge in [-0.25, -0.2) is 4.39 Å². The molecule has 0 unspecified atom stereocenters. The van der Waals surface area contributed by atoms with Gasteiger partial charge in [0, 0.05) is 5.46 Å². The molecule has 1 aliphatic rings. The molecule has 0 spiro atoms. The van der Waals surface area contributed by atoms with Gasteiger partial charge in [0.15, 0.2) is 0 Å². The van der Waals surface area contributed by atoms with Crippen LogP contribution in [0.2, 0.25) is 0 Å². The smallest absolute Gasteiger partial charge is 0.399 e. The van der Waals surface area contributed by atoms with Crippen molar-refractivity contribution < 1.29 is 13.7 Å². The number of hydrogen-bond donors (Lipinski definition) is 0. The molecule has 0 atom stereocenters. The predicted octanol–water partition coefficient (Wildman–Crippen LogP) is 2.00. The van der Waals surface area contributed by atoms with Crippen LogP contribution in [0.25, 0.3) is 0 Å². The summed E-state index contributed by atoms with van der Waals surface area (Å²) in [5.41, 5.74) is -0.675. The van der Waals surface area contributed by atoms with Crippen molar-refractivity contribution in [2.45, 2.75) is 38.9 Å². The van der Waals surface area contributed by atoms with Crippen LogP contribution in [0.4, 0.5) is 4.39 Å². The Bertz CT molecular complexity index is 506. The molecule has 1 heterocycles. The second kappa shape index (κ2) is 4.08. The molecule has 1 fully saturated rings. The molecule has 0 aliphatic carbocycles. The van der Waals surface area contributed by atoms with E-state index in [9.17, 15) is 4.39 Å². The number of rotatable bonds is 1. The van der Waals surface area contributed by atoms with Gasteiger partial charge in [0.05, 0.1) is 22.8 Å². The van der Waals surface area contributed by atoms with E-state index in [-0.39, 0.29) is 11.0 Å². The van der Waals surface area contributed by atoms with Gasteiger partial charge in [-0.3, -0.25) is 0 Å². The summed E-state index contributed by atoms with van der Waals surface area (Å²) in [7, 11) is -0.842. The molecule has 2 rings (SSSR count). The summed E-state index contributed by atoms with van der Waals surface area (Å²) in [6.45, 7) is 7.56. The number of hydrogen-bond acceptors (Lipinski definition) is 3. The fraction of sp³-hybridized carbons (Fsp3) is 0.462. The summed E-state index contributed by atoms with van der Waals surface area (Å²) >= 11 is 0. The molecule has 0 N–H and O–H groups in total. The first-order valence-corrected chi connectivity index (χ1v) is 5.82. The van der Waals surface area contributed by atoms with Crippen LogP contribution in [0.5, 0.6) is 0 Å². The van der Waals surface area contributed by atoms with Gasteiger partial charge in [-0.05, 0) is 39.8 Å². The highest BCUT2D eigenvalue weighted by atomic mass is 19.1. The Morgan fingerprint density at radius 2 is 1.72 bits per heavy atom. The summed E-state index contributed by atoms with van der Waals surface area (Å²) in [5, 5.41) is 9.04. The highest BCUT2D eigenvalue weighted by Crippen LogP contribution is 2.36. The summed E-state index contributed by atoms with van der Waals surface area (Å²) in [5.74, 6) is -0.479. The van der Waals surface area contributed by atoms with Crippen molar-refractivity contribution in [3.8, 4) is 6.07 Å². The van der Waals surface area contributed by atoms with Crippen molar-refractivity contribution in [3.05, 3.63) is 29.6 Å². The van der Waals surface area contributed by atoms with Gasteiger partial charge in [-0.15, -0.1) is 0 Å². The SMILES string of the molecule is CC1(C)OB(c2c(F)cccc2C#N)OC1(C)C. The zero-order valence-electron chi connectivity index (χ0n) is 11.0. The largest absolute Gasteiger partial charge is 0.499 e. The Morgan fingerprint density at radius 3 is 2.22 bits per heavy atom. The van der Waals surface area contributed by atoms with Crippen molar-refractivity contribution >= 4 is 12.6 Å². The van der Waals surface area contributed by atoms with Gasteiger partial charge in [-0.1, -0.05) is 6.07 Å². The van der Waals surface area contributed by atoms with Crippen molar-refractivity contribution in [2.75, 3.05) is 0 Å². The number of nitrogens with zero attached hydrogens (tertiary/aromatic N) is 1. The van der Waals surface area contributed by atoms with E-state index < -0.39 is 24.1 Å². The van der Waals surface area contributed by atoms with E-state index >= 15 is 0 Å². The average Bonchev–Trinajstić information content (AvgIpc) is 2.47. The molecule has 5 heteroatoms. The first-order valence-electron chi connectivity index (χ1n) is 5.82. The summed E-state index contributed by atoms with van der Waals surface area (Å²) < 4.78 is 25.4. The minimum Gasteiger partial charge on any atom is -0.399 e. The van der Waals surface area contributed by atoms with Gasteiger partial charge in [0.1, 0.15) is 5.82 Å². The summed E-state index contributed by atoms with van der Waals surface area (Å²) in [6.07, 6.45) is 0. The van der Waals surface area contributed by atoms with Gasteiger partial charge < -0.3 is 9.31 Å². The maximum atomic E-state index is 13.9. The van der Waals surface area contributed by atoms with Crippen molar-refractivity contribution in [1.29, 1.82) is 5.26 Å². The van der Waals surface area contributed by atoms with E-state index in [0.29, 0.717) is 0 Å². The highest BCUT2D eigenvalue weighted by molar-refractivity contribution is 6.63. The van der Waals surface area contributed by atoms with Crippen LogP contribution < -0.4 is 5.46 Å². The van der Waals surface area contributed by atoms with Crippen LogP contribution in [0.3, 0.4) is 0 Å². The van der Waals surface area contributed by atoms with E-state index in [1.54, 1.807) is 6.07 Å². The van der Waals surface area contributed by atoms with Gasteiger partial charge in [0.2, 0.25) is 0 Å². The Morgan fingerprint density at radius 1 is 1.17 bits per heavy atom. The molecule has 0 radical (unpaired) electrons. The zero-order valence-corrected chi connectivity index (χ0v) is 11.0. The molecule has 0 aromatic heterocycles. The summed E-state index contributed by atoms with van der Waals surface area (Å²) in [6, 6.07) is 6.34. The standard InChI is InChI=1S/C13H15BFNO2/c1-12(2)13(3,4)18-14(17-12)11-9(8-16)6-5-7-10(11)15/h5-7H,1-4H3. The van der Waals surface area contributed by atoms with Crippen molar-refractivity contribution in [2.24, 2.45) is 0 Å². The van der Waals surface area contributed by atoms with Crippen LogP contribution in [-0.4, -0.2) is 18.3 Å². The normalized spacial score (nSPS) is 20.8. The summed E-state index contributed by atoms with van der Waals surface area (Å²) in [4.78, 5) is 0. The van der Waals surface area contributed by atoms with Crippen LogP contribution in [-0.2, 0) is 9.31 Å². The molecule has 94 valence electrons. The lowest BCUT2D eigenvalue weighted by molar-refractivity contribution is 0.00578. The Labute approximate surface area is 107 Å². The first-order chi connectivity index (χ1) is 8.28. The third-order valence-electron chi connectivity index (χ3n) is 3.66. The average molecular weight is 247 g/mol. The lowest BCUT2D eigenvalue weighted by atomic mass is 9.75. The van der Waals surface area contributed by atoms with Gasteiger partial charge in [-0.2, -0.15) is 5.26 Å². The van der Waals surface area contributed by atoms with E-state index in [0.717, 1.165) is 0 Å².